The molecule has 0 aliphatic carbocycles. The SMILES string of the molecule is COc1ccc(CN2CCN(c3cccc(CNC(=O)c4c(OC)cccc4OC)c3)CC2)cc1OC. The fourth-order valence-electron chi connectivity index (χ4n) is 4.61. The zero-order valence-electron chi connectivity index (χ0n) is 22.0. The normalized spacial score (nSPS) is 13.7. The number of carbonyl (C=O) groups excluding carboxylic acids is 1. The molecule has 196 valence electrons. The van der Waals surface area contributed by atoms with Crippen LogP contribution in [0, 0.1) is 0 Å². The molecule has 8 nitrogen and oxygen atoms in total. The van der Waals surface area contributed by atoms with Crippen LogP contribution >= 0.6 is 0 Å². The van der Waals surface area contributed by atoms with E-state index >= 15 is 0 Å². The molecule has 0 unspecified atom stereocenters. The second-order valence-electron chi connectivity index (χ2n) is 8.84. The molecule has 37 heavy (non-hydrogen) atoms. The van der Waals surface area contributed by atoms with E-state index in [9.17, 15) is 4.79 Å². The summed E-state index contributed by atoms with van der Waals surface area (Å²) in [5, 5.41) is 3.00. The van der Waals surface area contributed by atoms with E-state index in [4.69, 9.17) is 18.9 Å². The highest BCUT2D eigenvalue weighted by molar-refractivity contribution is 5.99. The number of carbonyl (C=O) groups is 1. The average Bonchev–Trinajstić information content (AvgIpc) is 2.95. The summed E-state index contributed by atoms with van der Waals surface area (Å²) in [7, 11) is 6.40. The monoisotopic (exact) mass is 505 g/mol. The van der Waals surface area contributed by atoms with Gasteiger partial charge in [0.1, 0.15) is 17.1 Å². The molecule has 1 heterocycles. The van der Waals surface area contributed by atoms with Crippen LogP contribution in [0.4, 0.5) is 5.69 Å². The highest BCUT2D eigenvalue weighted by atomic mass is 16.5. The van der Waals surface area contributed by atoms with Crippen molar-refractivity contribution in [3.05, 3.63) is 77.4 Å². The second-order valence-corrected chi connectivity index (χ2v) is 8.84. The Labute approximate surface area is 218 Å². The first-order chi connectivity index (χ1) is 18.1. The highest BCUT2D eigenvalue weighted by Gasteiger charge is 2.20. The van der Waals surface area contributed by atoms with Gasteiger partial charge in [0.05, 0.1) is 28.4 Å². The van der Waals surface area contributed by atoms with Crippen LogP contribution in [0.3, 0.4) is 0 Å². The molecule has 1 fully saturated rings. The molecule has 0 spiro atoms. The number of ether oxygens (including phenoxy) is 4. The standard InChI is InChI=1S/C29H35N3O5/c1-34-24-12-11-22(18-27(24)37-4)20-31-13-15-32(16-14-31)23-8-5-7-21(17-23)19-30-29(33)28-25(35-2)9-6-10-26(28)36-3/h5-12,17-18H,13-16,19-20H2,1-4H3,(H,30,33). The van der Waals surface area contributed by atoms with Crippen molar-refractivity contribution in [1.82, 2.24) is 10.2 Å². The van der Waals surface area contributed by atoms with E-state index in [0.29, 0.717) is 23.6 Å². The zero-order valence-corrected chi connectivity index (χ0v) is 22.0. The topological polar surface area (TPSA) is 72.5 Å². The first kappa shape index (κ1) is 26.2. The minimum absolute atomic E-state index is 0.233. The molecule has 4 rings (SSSR count). The van der Waals surface area contributed by atoms with E-state index in [-0.39, 0.29) is 5.91 Å². The van der Waals surface area contributed by atoms with Crippen LogP contribution in [0.5, 0.6) is 23.0 Å². The van der Waals surface area contributed by atoms with Crippen LogP contribution in [0.1, 0.15) is 21.5 Å². The largest absolute Gasteiger partial charge is 0.496 e. The van der Waals surface area contributed by atoms with E-state index in [0.717, 1.165) is 55.5 Å². The number of anilines is 1. The maximum absolute atomic E-state index is 12.9. The van der Waals surface area contributed by atoms with E-state index in [1.807, 2.05) is 24.3 Å². The first-order valence-corrected chi connectivity index (χ1v) is 12.3. The molecule has 1 amide bonds. The number of amides is 1. The number of hydrogen-bond donors (Lipinski definition) is 1. The fourth-order valence-corrected chi connectivity index (χ4v) is 4.61. The van der Waals surface area contributed by atoms with Crippen molar-refractivity contribution in [2.24, 2.45) is 0 Å². The minimum Gasteiger partial charge on any atom is -0.496 e. The Bertz CT molecular complexity index is 1190. The molecular formula is C29H35N3O5. The quantitative estimate of drug-likeness (QED) is 0.447. The molecule has 1 saturated heterocycles. The minimum atomic E-state index is -0.233. The fraction of sp³-hybridized carbons (Fsp3) is 0.345. The van der Waals surface area contributed by atoms with E-state index in [2.05, 4.69) is 33.3 Å². The summed E-state index contributed by atoms with van der Waals surface area (Å²) in [6.45, 7) is 5.06. The van der Waals surface area contributed by atoms with Crippen LogP contribution in [0.15, 0.2) is 60.7 Å². The van der Waals surface area contributed by atoms with Crippen LogP contribution in [-0.4, -0.2) is 65.4 Å². The summed E-state index contributed by atoms with van der Waals surface area (Å²) in [6, 6.07) is 19.7. The average molecular weight is 506 g/mol. The molecule has 1 N–H and O–H groups in total. The van der Waals surface area contributed by atoms with Crippen molar-refractivity contribution < 1.29 is 23.7 Å². The number of piperazine rings is 1. The summed E-state index contributed by atoms with van der Waals surface area (Å²) in [6.07, 6.45) is 0. The Morgan fingerprint density at radius 1 is 0.730 bits per heavy atom. The Hall–Kier alpha value is -3.91. The number of methoxy groups -OCH3 is 4. The maximum Gasteiger partial charge on any atom is 0.259 e. The van der Waals surface area contributed by atoms with Gasteiger partial charge >= 0.3 is 0 Å². The number of nitrogens with zero attached hydrogens (tertiary/aromatic N) is 2. The van der Waals surface area contributed by atoms with Crippen LogP contribution in [0.2, 0.25) is 0 Å². The number of rotatable bonds is 10. The van der Waals surface area contributed by atoms with Crippen LogP contribution in [0.25, 0.3) is 0 Å². The maximum atomic E-state index is 12.9. The molecule has 8 heteroatoms. The third kappa shape index (κ3) is 6.27. The van der Waals surface area contributed by atoms with Crippen LogP contribution < -0.4 is 29.2 Å². The van der Waals surface area contributed by atoms with Crippen molar-refractivity contribution in [2.45, 2.75) is 13.1 Å². The molecule has 1 aliphatic heterocycles. The summed E-state index contributed by atoms with van der Waals surface area (Å²) in [5.74, 6) is 2.23. The van der Waals surface area contributed by atoms with Gasteiger partial charge < -0.3 is 29.2 Å². The zero-order chi connectivity index (χ0) is 26.2. The third-order valence-corrected chi connectivity index (χ3v) is 6.61. The van der Waals surface area contributed by atoms with Gasteiger partial charge in [-0.25, -0.2) is 0 Å². The molecule has 0 bridgehead atoms. The van der Waals surface area contributed by atoms with E-state index in [1.54, 1.807) is 46.6 Å². The molecule has 0 saturated carbocycles. The van der Waals surface area contributed by atoms with Gasteiger partial charge in [-0.1, -0.05) is 24.3 Å². The highest BCUT2D eigenvalue weighted by Crippen LogP contribution is 2.29. The van der Waals surface area contributed by atoms with Gasteiger partial charge in [0, 0.05) is 45.0 Å². The molecular weight excluding hydrogens is 470 g/mol. The number of hydrogen-bond acceptors (Lipinski definition) is 7. The van der Waals surface area contributed by atoms with Crippen LogP contribution in [-0.2, 0) is 13.1 Å². The van der Waals surface area contributed by atoms with Gasteiger partial charge in [-0.05, 0) is 47.5 Å². The summed E-state index contributed by atoms with van der Waals surface area (Å²) in [4.78, 5) is 17.8. The van der Waals surface area contributed by atoms with Gasteiger partial charge in [0.25, 0.3) is 5.91 Å². The Morgan fingerprint density at radius 3 is 2.03 bits per heavy atom. The Morgan fingerprint density at radius 2 is 1.38 bits per heavy atom. The molecule has 3 aromatic rings. The summed E-state index contributed by atoms with van der Waals surface area (Å²) < 4.78 is 21.5. The van der Waals surface area contributed by atoms with Gasteiger partial charge in [-0.3, -0.25) is 9.69 Å². The molecule has 0 aromatic heterocycles. The summed E-state index contributed by atoms with van der Waals surface area (Å²) in [5.41, 5.74) is 3.80. The molecule has 3 aromatic carbocycles. The van der Waals surface area contributed by atoms with Crippen molar-refractivity contribution in [3.8, 4) is 23.0 Å². The third-order valence-electron chi connectivity index (χ3n) is 6.61. The first-order valence-electron chi connectivity index (χ1n) is 12.3. The molecule has 1 aliphatic rings. The van der Waals surface area contributed by atoms with Crippen molar-refractivity contribution >= 4 is 11.6 Å². The van der Waals surface area contributed by atoms with Gasteiger partial charge in [0.2, 0.25) is 0 Å². The van der Waals surface area contributed by atoms with Crippen molar-refractivity contribution in [3.63, 3.8) is 0 Å². The van der Waals surface area contributed by atoms with Crippen molar-refractivity contribution in [2.75, 3.05) is 59.5 Å². The Balaban J connectivity index is 1.34. The summed E-state index contributed by atoms with van der Waals surface area (Å²) >= 11 is 0. The molecule has 0 radical (unpaired) electrons. The predicted molar refractivity (Wildman–Crippen MR) is 144 cm³/mol. The van der Waals surface area contributed by atoms with Gasteiger partial charge in [-0.15, -0.1) is 0 Å². The predicted octanol–water partition coefficient (Wildman–Crippen LogP) is 3.97. The van der Waals surface area contributed by atoms with Gasteiger partial charge in [-0.2, -0.15) is 0 Å². The lowest BCUT2D eigenvalue weighted by Crippen LogP contribution is -2.46. The number of benzene rings is 3. The lowest BCUT2D eigenvalue weighted by molar-refractivity contribution is 0.0944. The van der Waals surface area contributed by atoms with Crippen molar-refractivity contribution in [1.29, 1.82) is 0 Å². The Kier molecular flexibility index (Phi) is 8.74. The second kappa shape index (κ2) is 12.4. The lowest BCUT2D eigenvalue weighted by Gasteiger charge is -2.36. The number of nitrogens with one attached hydrogen (secondary N) is 1. The van der Waals surface area contributed by atoms with E-state index < -0.39 is 0 Å². The smallest absolute Gasteiger partial charge is 0.259 e. The van der Waals surface area contributed by atoms with E-state index in [1.165, 1.54) is 5.56 Å². The lowest BCUT2D eigenvalue weighted by atomic mass is 10.1. The van der Waals surface area contributed by atoms with Gasteiger partial charge in [0.15, 0.2) is 11.5 Å². The molecule has 0 atom stereocenters.